The molecule has 0 bridgehead atoms. The van der Waals surface area contributed by atoms with Gasteiger partial charge in [0.1, 0.15) is 13.2 Å². The topological polar surface area (TPSA) is 89.5 Å². The highest BCUT2D eigenvalue weighted by Gasteiger charge is 2.53. The molecule has 0 aromatic carbocycles. The van der Waals surface area contributed by atoms with Gasteiger partial charge in [0.25, 0.3) is 0 Å². The lowest BCUT2D eigenvalue weighted by molar-refractivity contribution is -0.370. The van der Waals surface area contributed by atoms with Crippen LogP contribution in [0.3, 0.4) is 0 Å². The Bertz CT molecular complexity index is 834. The summed E-state index contributed by atoms with van der Waals surface area (Å²) in [6, 6.07) is 0. The van der Waals surface area contributed by atoms with Crippen molar-refractivity contribution in [3.63, 3.8) is 0 Å². The highest BCUT2D eigenvalue weighted by Crippen LogP contribution is 2.48. The first-order valence-corrected chi connectivity index (χ1v) is 14.0. The van der Waals surface area contributed by atoms with E-state index in [4.69, 9.17) is 28.4 Å². The van der Waals surface area contributed by atoms with Crippen LogP contribution in [0.15, 0.2) is 22.3 Å². The molecule has 3 fully saturated rings. The Kier molecular flexibility index (Phi) is 9.88. The molecule has 8 nitrogen and oxygen atoms in total. The summed E-state index contributed by atoms with van der Waals surface area (Å²) >= 11 is 0. The highest BCUT2D eigenvalue weighted by atomic mass is 16.7. The lowest BCUT2D eigenvalue weighted by Crippen LogP contribution is -2.58. The van der Waals surface area contributed by atoms with Gasteiger partial charge in [-0.15, -0.1) is 0 Å². The van der Waals surface area contributed by atoms with Crippen LogP contribution in [0.2, 0.25) is 0 Å². The first-order valence-electron chi connectivity index (χ1n) is 14.0. The Balaban J connectivity index is 1.51. The van der Waals surface area contributed by atoms with Crippen LogP contribution in [-0.2, 0) is 38.0 Å². The molecular formula is C30H48O8. The molecule has 2 heterocycles. The fraction of sp³-hybridized carbons (Fsp3) is 0.800. The van der Waals surface area contributed by atoms with Crippen molar-refractivity contribution in [2.45, 2.75) is 105 Å². The predicted octanol–water partition coefficient (Wildman–Crippen LogP) is 5.64. The Morgan fingerprint density at radius 3 is 1.11 bits per heavy atom. The van der Waals surface area contributed by atoms with E-state index in [1.807, 2.05) is 27.7 Å². The molecular weight excluding hydrogens is 488 g/mol. The lowest BCUT2D eigenvalue weighted by Gasteiger charge is -2.53. The highest BCUT2D eigenvalue weighted by molar-refractivity contribution is 5.88. The van der Waals surface area contributed by atoms with Gasteiger partial charge in [-0.2, -0.15) is 0 Å². The summed E-state index contributed by atoms with van der Waals surface area (Å²) in [5, 5.41) is 0. The molecule has 0 amide bonds. The average Bonchev–Trinajstić information content (AvgIpc) is 2.93. The van der Waals surface area contributed by atoms with Crippen LogP contribution in [0.5, 0.6) is 0 Å². The molecule has 3 rings (SSSR count). The zero-order valence-electron chi connectivity index (χ0n) is 24.8. The third-order valence-electron chi connectivity index (χ3n) is 8.97. The van der Waals surface area contributed by atoms with Gasteiger partial charge < -0.3 is 28.4 Å². The number of esters is 2. The molecule has 8 heteroatoms. The summed E-state index contributed by atoms with van der Waals surface area (Å²) in [6.07, 6.45) is 4.23. The SMILES string of the molecule is CCC1(COC(=O)C(C)=C(C)C)COC2(CCC3(CC2)OCC(CC)(COC(=O)C(C)=C(C)C)CO3)OC1. The van der Waals surface area contributed by atoms with Crippen molar-refractivity contribution in [2.24, 2.45) is 10.8 Å². The molecule has 0 radical (unpaired) electrons. The summed E-state index contributed by atoms with van der Waals surface area (Å²) < 4.78 is 36.7. The number of carbonyl (C=O) groups is 2. The van der Waals surface area contributed by atoms with E-state index < -0.39 is 11.6 Å². The van der Waals surface area contributed by atoms with Crippen molar-refractivity contribution in [2.75, 3.05) is 39.6 Å². The molecule has 3 aliphatic rings. The van der Waals surface area contributed by atoms with Gasteiger partial charge >= 0.3 is 11.9 Å². The minimum absolute atomic E-state index is 0.274. The summed E-state index contributed by atoms with van der Waals surface area (Å²) in [5.74, 6) is -1.89. The minimum Gasteiger partial charge on any atom is -0.462 e. The molecule has 0 aromatic heterocycles. The van der Waals surface area contributed by atoms with Gasteiger partial charge in [0, 0.05) is 36.8 Å². The molecule has 0 unspecified atom stereocenters. The Morgan fingerprint density at radius 1 is 0.579 bits per heavy atom. The maximum atomic E-state index is 12.3. The molecule has 0 atom stereocenters. The maximum Gasteiger partial charge on any atom is 0.333 e. The standard InChI is InChI=1S/C30H48O8/c1-9-27(15-33-25(31)23(7)21(3)4)17-35-29(36-18-27)11-13-30(14-12-29)37-19-28(10-2,20-38-30)16-34-26(32)24(8)22(5)6/h9-20H2,1-8H3. The summed E-state index contributed by atoms with van der Waals surface area (Å²) in [7, 11) is 0. The molecule has 38 heavy (non-hydrogen) atoms. The third-order valence-corrected chi connectivity index (χ3v) is 8.97. The lowest BCUT2D eigenvalue weighted by atomic mass is 9.82. The Morgan fingerprint density at radius 2 is 0.868 bits per heavy atom. The van der Waals surface area contributed by atoms with Gasteiger partial charge in [-0.05, 0) is 54.4 Å². The van der Waals surface area contributed by atoms with E-state index in [1.54, 1.807) is 13.8 Å². The Labute approximate surface area is 228 Å². The monoisotopic (exact) mass is 536 g/mol. The van der Waals surface area contributed by atoms with Gasteiger partial charge in [0.05, 0.1) is 37.3 Å². The second-order valence-electron chi connectivity index (χ2n) is 12.1. The molecule has 2 spiro atoms. The fourth-order valence-electron chi connectivity index (χ4n) is 4.74. The van der Waals surface area contributed by atoms with Crippen LogP contribution in [0.1, 0.15) is 93.9 Å². The number of rotatable bonds is 8. The number of allylic oxidation sites excluding steroid dienone is 2. The van der Waals surface area contributed by atoms with Crippen LogP contribution in [-0.4, -0.2) is 63.2 Å². The first kappa shape index (κ1) is 30.8. The second-order valence-corrected chi connectivity index (χ2v) is 12.1. The summed E-state index contributed by atoms with van der Waals surface area (Å²) in [5.41, 5.74) is 2.49. The van der Waals surface area contributed by atoms with E-state index in [1.165, 1.54) is 0 Å². The molecule has 2 aliphatic heterocycles. The van der Waals surface area contributed by atoms with Crippen molar-refractivity contribution in [1.82, 2.24) is 0 Å². The minimum atomic E-state index is -0.660. The molecule has 1 aliphatic carbocycles. The number of ether oxygens (including phenoxy) is 6. The Hall–Kier alpha value is -1.74. The van der Waals surface area contributed by atoms with E-state index in [-0.39, 0.29) is 36.0 Å². The molecule has 216 valence electrons. The zero-order chi connectivity index (χ0) is 28.2. The maximum absolute atomic E-state index is 12.3. The van der Waals surface area contributed by atoms with Crippen molar-refractivity contribution >= 4 is 11.9 Å². The number of hydrogen-bond acceptors (Lipinski definition) is 8. The van der Waals surface area contributed by atoms with Gasteiger partial charge in [0.2, 0.25) is 0 Å². The summed E-state index contributed by atoms with van der Waals surface area (Å²) in [6.45, 7) is 17.8. The second kappa shape index (κ2) is 12.2. The average molecular weight is 537 g/mol. The van der Waals surface area contributed by atoms with Crippen molar-refractivity contribution in [3.05, 3.63) is 22.3 Å². The van der Waals surface area contributed by atoms with E-state index in [0.717, 1.165) is 24.0 Å². The van der Waals surface area contributed by atoms with Crippen LogP contribution >= 0.6 is 0 Å². The normalized spacial score (nSPS) is 33.1. The quantitative estimate of drug-likeness (QED) is 0.291. The van der Waals surface area contributed by atoms with E-state index >= 15 is 0 Å². The third kappa shape index (κ3) is 6.87. The largest absolute Gasteiger partial charge is 0.462 e. The molecule has 0 N–H and O–H groups in total. The van der Waals surface area contributed by atoms with Crippen LogP contribution in [0, 0.1) is 10.8 Å². The summed E-state index contributed by atoms with van der Waals surface area (Å²) in [4.78, 5) is 24.7. The van der Waals surface area contributed by atoms with E-state index in [2.05, 4.69) is 13.8 Å². The molecule has 2 saturated heterocycles. The fourth-order valence-corrected chi connectivity index (χ4v) is 4.74. The van der Waals surface area contributed by atoms with Crippen molar-refractivity contribution < 1.29 is 38.0 Å². The smallest absolute Gasteiger partial charge is 0.333 e. The number of hydrogen-bond donors (Lipinski definition) is 0. The first-order chi connectivity index (χ1) is 17.8. The molecule has 0 aromatic rings. The van der Waals surface area contributed by atoms with E-state index in [0.29, 0.717) is 63.3 Å². The molecule has 1 saturated carbocycles. The van der Waals surface area contributed by atoms with Gasteiger partial charge in [-0.1, -0.05) is 25.0 Å². The van der Waals surface area contributed by atoms with Crippen molar-refractivity contribution in [1.29, 1.82) is 0 Å². The van der Waals surface area contributed by atoms with Gasteiger partial charge in [-0.3, -0.25) is 0 Å². The van der Waals surface area contributed by atoms with Gasteiger partial charge in [-0.25, -0.2) is 9.59 Å². The number of carbonyl (C=O) groups excluding carboxylic acids is 2. The predicted molar refractivity (Wildman–Crippen MR) is 143 cm³/mol. The van der Waals surface area contributed by atoms with Crippen LogP contribution in [0.25, 0.3) is 0 Å². The van der Waals surface area contributed by atoms with Crippen molar-refractivity contribution in [3.8, 4) is 0 Å². The van der Waals surface area contributed by atoms with E-state index in [9.17, 15) is 9.59 Å². The van der Waals surface area contributed by atoms with Crippen LogP contribution in [0.4, 0.5) is 0 Å². The zero-order valence-corrected chi connectivity index (χ0v) is 24.8. The van der Waals surface area contributed by atoms with Gasteiger partial charge in [0.15, 0.2) is 11.6 Å². The van der Waals surface area contributed by atoms with Crippen LogP contribution < -0.4 is 0 Å².